The molecule has 14 heteroatoms. The Kier molecular flexibility index (Phi) is 13.1. The van der Waals surface area contributed by atoms with Gasteiger partial charge in [-0.05, 0) is 32.2 Å². The molecule has 0 bridgehead atoms. The van der Waals surface area contributed by atoms with Gasteiger partial charge in [0, 0.05) is 6.42 Å². The number of primary amides is 1. The minimum absolute atomic E-state index is 0.105. The number of hydrogen-bond donors (Lipinski definition) is 8. The lowest BCUT2D eigenvalue weighted by Gasteiger charge is -2.20. The van der Waals surface area contributed by atoms with E-state index < -0.39 is 66.7 Å². The van der Waals surface area contributed by atoms with Crippen LogP contribution in [0.1, 0.15) is 38.5 Å². The average molecular weight is 446 g/mol. The molecular formula is C17H30N6O8. The first-order valence-electron chi connectivity index (χ1n) is 9.53. The van der Waals surface area contributed by atoms with Crippen LogP contribution in [0.4, 0.5) is 0 Å². The average Bonchev–Trinajstić information content (AvgIpc) is 2.68. The lowest BCUT2D eigenvalue weighted by atomic mass is 10.1. The van der Waals surface area contributed by atoms with E-state index in [1.54, 1.807) is 0 Å². The zero-order valence-electron chi connectivity index (χ0n) is 17.0. The summed E-state index contributed by atoms with van der Waals surface area (Å²) in [5.74, 6) is -6.01. The Morgan fingerprint density at radius 2 is 1.52 bits per heavy atom. The fraction of sp³-hybridized carbons (Fsp3) is 0.647. The van der Waals surface area contributed by atoms with E-state index >= 15 is 0 Å². The van der Waals surface area contributed by atoms with Gasteiger partial charge >= 0.3 is 11.9 Å². The van der Waals surface area contributed by atoms with E-state index in [1.807, 2.05) is 0 Å². The van der Waals surface area contributed by atoms with Crippen LogP contribution in [0.5, 0.6) is 0 Å². The number of hydrogen-bond acceptors (Lipinski definition) is 8. The van der Waals surface area contributed by atoms with Crippen molar-refractivity contribution >= 4 is 35.6 Å². The van der Waals surface area contributed by atoms with Crippen LogP contribution in [0, 0.1) is 0 Å². The van der Waals surface area contributed by atoms with Crippen molar-refractivity contribution in [1.82, 2.24) is 16.0 Å². The van der Waals surface area contributed by atoms with E-state index in [2.05, 4.69) is 16.0 Å². The molecule has 11 N–H and O–H groups in total. The van der Waals surface area contributed by atoms with Crippen molar-refractivity contribution in [3.05, 3.63) is 0 Å². The summed E-state index contributed by atoms with van der Waals surface area (Å²) in [5, 5.41) is 24.6. The smallest absolute Gasteiger partial charge is 0.326 e. The molecule has 0 spiro atoms. The summed E-state index contributed by atoms with van der Waals surface area (Å²) in [5.41, 5.74) is 15.9. The summed E-state index contributed by atoms with van der Waals surface area (Å²) in [4.78, 5) is 69.1. The quantitative estimate of drug-likeness (QED) is 0.108. The van der Waals surface area contributed by atoms with Crippen LogP contribution in [0.3, 0.4) is 0 Å². The Bertz CT molecular complexity index is 671. The molecule has 0 radical (unpaired) electrons. The number of unbranched alkanes of at least 4 members (excludes halogenated alkanes) is 1. The highest BCUT2D eigenvalue weighted by Crippen LogP contribution is 2.01. The summed E-state index contributed by atoms with van der Waals surface area (Å²) in [6, 6.07) is -3.92. The van der Waals surface area contributed by atoms with Crippen molar-refractivity contribution in [3.63, 3.8) is 0 Å². The molecule has 3 unspecified atom stereocenters. The van der Waals surface area contributed by atoms with Crippen LogP contribution >= 0.6 is 0 Å². The minimum atomic E-state index is -1.54. The number of carbonyl (C=O) groups excluding carboxylic acids is 4. The lowest BCUT2D eigenvalue weighted by molar-refractivity contribution is -0.142. The number of nitrogens with two attached hydrogens (primary N) is 3. The van der Waals surface area contributed by atoms with Gasteiger partial charge in [-0.25, -0.2) is 4.79 Å². The van der Waals surface area contributed by atoms with Crippen LogP contribution < -0.4 is 33.2 Å². The Labute approximate surface area is 178 Å². The summed E-state index contributed by atoms with van der Waals surface area (Å²) in [6.07, 6.45) is 0.120. The molecule has 14 nitrogen and oxygen atoms in total. The normalized spacial score (nSPS) is 13.4. The molecule has 0 rings (SSSR count). The Hall–Kier alpha value is -3.26. The number of carboxylic acids is 2. The molecule has 0 aromatic carbocycles. The van der Waals surface area contributed by atoms with Gasteiger partial charge in [-0.2, -0.15) is 0 Å². The molecule has 176 valence electrons. The molecule has 0 aliphatic heterocycles. The minimum Gasteiger partial charge on any atom is -0.481 e. The van der Waals surface area contributed by atoms with Crippen LogP contribution in [-0.2, 0) is 28.8 Å². The number of carboxylic acid groups (broad SMARTS) is 2. The molecule has 3 atom stereocenters. The summed E-state index contributed by atoms with van der Waals surface area (Å²) in [6.45, 7) is -0.265. The van der Waals surface area contributed by atoms with Gasteiger partial charge in [-0.1, -0.05) is 0 Å². The first-order chi connectivity index (χ1) is 14.5. The summed E-state index contributed by atoms with van der Waals surface area (Å²) < 4.78 is 0. The fourth-order valence-electron chi connectivity index (χ4n) is 2.38. The van der Waals surface area contributed by atoms with Gasteiger partial charge in [0.2, 0.25) is 23.6 Å². The van der Waals surface area contributed by atoms with Gasteiger partial charge in [0.15, 0.2) is 0 Å². The third-order valence-corrected chi connectivity index (χ3v) is 4.05. The van der Waals surface area contributed by atoms with E-state index in [-0.39, 0.29) is 19.3 Å². The van der Waals surface area contributed by atoms with E-state index in [4.69, 9.17) is 27.4 Å². The standard InChI is InChI=1S/C17H30N6O8/c18-6-2-1-3-10(17(30)31)22-13(25)8-21-16(29)11(7-14(26)27)23-15(28)9(19)4-5-12(20)24/h9-11H,1-8,18-19H2,(H2,20,24)(H,21,29)(H,22,25)(H,23,28)(H,26,27)(H,30,31). The second-order valence-corrected chi connectivity index (χ2v) is 6.73. The van der Waals surface area contributed by atoms with Crippen molar-refractivity contribution in [1.29, 1.82) is 0 Å². The fourth-order valence-corrected chi connectivity index (χ4v) is 2.38. The predicted molar refractivity (Wildman–Crippen MR) is 106 cm³/mol. The number of rotatable bonds is 16. The number of nitrogens with one attached hydrogen (secondary N) is 3. The molecule has 0 saturated heterocycles. The van der Waals surface area contributed by atoms with E-state index in [9.17, 15) is 28.8 Å². The van der Waals surface area contributed by atoms with Crippen LogP contribution in [0.25, 0.3) is 0 Å². The first-order valence-corrected chi connectivity index (χ1v) is 9.53. The highest BCUT2D eigenvalue weighted by atomic mass is 16.4. The molecule has 4 amide bonds. The van der Waals surface area contributed by atoms with E-state index in [0.29, 0.717) is 19.4 Å². The van der Waals surface area contributed by atoms with Crippen molar-refractivity contribution in [3.8, 4) is 0 Å². The molecule has 0 aromatic heterocycles. The molecule has 0 saturated carbocycles. The number of amides is 4. The highest BCUT2D eigenvalue weighted by molar-refractivity contribution is 5.94. The van der Waals surface area contributed by atoms with Crippen LogP contribution in [-0.4, -0.2) is 77.0 Å². The van der Waals surface area contributed by atoms with Gasteiger partial charge in [-0.15, -0.1) is 0 Å². The molecular weight excluding hydrogens is 416 g/mol. The second-order valence-electron chi connectivity index (χ2n) is 6.73. The summed E-state index contributed by atoms with van der Waals surface area (Å²) in [7, 11) is 0. The summed E-state index contributed by atoms with van der Waals surface area (Å²) >= 11 is 0. The zero-order valence-corrected chi connectivity index (χ0v) is 17.0. The van der Waals surface area contributed by atoms with Gasteiger partial charge in [0.1, 0.15) is 12.1 Å². The van der Waals surface area contributed by atoms with E-state index in [0.717, 1.165) is 0 Å². The third kappa shape index (κ3) is 12.8. The maximum atomic E-state index is 12.2. The van der Waals surface area contributed by atoms with Crippen molar-refractivity contribution < 1.29 is 39.0 Å². The SMILES string of the molecule is NCCCCC(NC(=O)CNC(=O)C(CC(=O)O)NC(=O)C(N)CCC(N)=O)C(=O)O. The van der Waals surface area contributed by atoms with Crippen LogP contribution in [0.15, 0.2) is 0 Å². The van der Waals surface area contributed by atoms with Gasteiger partial charge in [-0.3, -0.25) is 24.0 Å². The van der Waals surface area contributed by atoms with Gasteiger partial charge < -0.3 is 43.4 Å². The monoisotopic (exact) mass is 446 g/mol. The highest BCUT2D eigenvalue weighted by Gasteiger charge is 2.27. The maximum absolute atomic E-state index is 12.2. The number of aliphatic carboxylic acids is 2. The molecule has 31 heavy (non-hydrogen) atoms. The van der Waals surface area contributed by atoms with Gasteiger partial charge in [0.05, 0.1) is 19.0 Å². The molecule has 0 heterocycles. The third-order valence-electron chi connectivity index (χ3n) is 4.05. The first kappa shape index (κ1) is 27.7. The Balaban J connectivity index is 4.80. The van der Waals surface area contributed by atoms with E-state index in [1.165, 1.54) is 0 Å². The predicted octanol–water partition coefficient (Wildman–Crippen LogP) is -3.65. The van der Waals surface area contributed by atoms with Crippen molar-refractivity contribution in [2.24, 2.45) is 17.2 Å². The Morgan fingerprint density at radius 3 is 2.03 bits per heavy atom. The molecule has 0 fully saturated rings. The topological polar surface area (TPSA) is 257 Å². The second kappa shape index (κ2) is 14.7. The maximum Gasteiger partial charge on any atom is 0.326 e. The van der Waals surface area contributed by atoms with Gasteiger partial charge in [0.25, 0.3) is 0 Å². The largest absolute Gasteiger partial charge is 0.481 e. The Morgan fingerprint density at radius 1 is 0.871 bits per heavy atom. The lowest BCUT2D eigenvalue weighted by Crippen LogP contribution is -2.54. The molecule has 0 aliphatic carbocycles. The molecule has 0 aliphatic rings. The van der Waals surface area contributed by atoms with Crippen LogP contribution in [0.2, 0.25) is 0 Å². The van der Waals surface area contributed by atoms with Crippen molar-refractivity contribution in [2.45, 2.75) is 56.7 Å². The zero-order chi connectivity index (χ0) is 24.0. The van der Waals surface area contributed by atoms with Crippen molar-refractivity contribution in [2.75, 3.05) is 13.1 Å². The molecule has 0 aromatic rings. The number of carbonyl (C=O) groups is 6.